The van der Waals surface area contributed by atoms with Gasteiger partial charge >= 0.3 is 0 Å². The minimum Gasteiger partial charge on any atom is -0.395 e. The molecule has 0 spiro atoms. The Morgan fingerprint density at radius 3 is 2.45 bits per heavy atom. The molecule has 2 aliphatic rings. The Bertz CT molecular complexity index is 266. The zero-order valence-electron chi connectivity index (χ0n) is 13.1. The van der Waals surface area contributed by atoms with Crippen molar-refractivity contribution in [2.45, 2.75) is 76.9 Å². The highest BCUT2D eigenvalue weighted by atomic mass is 16.3. The molecule has 0 heterocycles. The predicted molar refractivity (Wildman–Crippen MR) is 82.7 cm³/mol. The highest BCUT2D eigenvalue weighted by Crippen LogP contribution is 2.33. The summed E-state index contributed by atoms with van der Waals surface area (Å²) >= 11 is 0. The first kappa shape index (κ1) is 16.3. The van der Waals surface area contributed by atoms with Crippen molar-refractivity contribution < 1.29 is 10.2 Å². The molecule has 118 valence electrons. The Labute approximate surface area is 124 Å². The van der Waals surface area contributed by atoms with Gasteiger partial charge < -0.3 is 10.2 Å². The zero-order chi connectivity index (χ0) is 14.4. The molecule has 0 aromatic heterocycles. The van der Waals surface area contributed by atoms with E-state index >= 15 is 0 Å². The summed E-state index contributed by atoms with van der Waals surface area (Å²) in [5, 5.41) is 19.7. The molecule has 0 bridgehead atoms. The van der Waals surface area contributed by atoms with Gasteiger partial charge in [-0.15, -0.1) is 0 Å². The molecule has 20 heavy (non-hydrogen) atoms. The lowest BCUT2D eigenvalue weighted by atomic mass is 9.77. The summed E-state index contributed by atoms with van der Waals surface area (Å²) in [6.45, 7) is 4.29. The van der Waals surface area contributed by atoms with Crippen LogP contribution in [0.5, 0.6) is 0 Å². The standard InChI is InChI=1S/C17H33NO2/c1-2-14-8-9-17(20)15(12-14)13-18(10-11-19)16-6-4-3-5-7-16/h14-17,19-20H,2-13H2,1H3. The van der Waals surface area contributed by atoms with Crippen molar-refractivity contribution in [1.29, 1.82) is 0 Å². The summed E-state index contributed by atoms with van der Waals surface area (Å²) in [7, 11) is 0. The van der Waals surface area contributed by atoms with Gasteiger partial charge in [-0.2, -0.15) is 0 Å². The molecule has 2 aliphatic carbocycles. The van der Waals surface area contributed by atoms with Crippen LogP contribution in [-0.4, -0.2) is 47.0 Å². The van der Waals surface area contributed by atoms with Crippen molar-refractivity contribution in [2.75, 3.05) is 19.7 Å². The largest absolute Gasteiger partial charge is 0.395 e. The monoisotopic (exact) mass is 283 g/mol. The summed E-state index contributed by atoms with van der Waals surface area (Å²) in [5.41, 5.74) is 0. The first-order valence-corrected chi connectivity index (χ1v) is 8.77. The third-order valence-corrected chi connectivity index (χ3v) is 5.58. The Hall–Kier alpha value is -0.120. The lowest BCUT2D eigenvalue weighted by Gasteiger charge is -2.40. The van der Waals surface area contributed by atoms with Crippen molar-refractivity contribution in [1.82, 2.24) is 4.90 Å². The zero-order valence-corrected chi connectivity index (χ0v) is 13.1. The molecule has 2 saturated carbocycles. The first-order chi connectivity index (χ1) is 9.74. The van der Waals surface area contributed by atoms with E-state index in [2.05, 4.69) is 11.8 Å². The van der Waals surface area contributed by atoms with Crippen LogP contribution in [0.25, 0.3) is 0 Å². The van der Waals surface area contributed by atoms with Gasteiger partial charge in [0.05, 0.1) is 12.7 Å². The van der Waals surface area contributed by atoms with Crippen LogP contribution in [0.2, 0.25) is 0 Å². The normalized spacial score (nSPS) is 32.7. The van der Waals surface area contributed by atoms with Gasteiger partial charge in [-0.25, -0.2) is 0 Å². The highest BCUT2D eigenvalue weighted by molar-refractivity contribution is 4.84. The molecule has 2 fully saturated rings. The van der Waals surface area contributed by atoms with Crippen LogP contribution in [0.4, 0.5) is 0 Å². The molecular weight excluding hydrogens is 250 g/mol. The summed E-state index contributed by atoms with van der Waals surface area (Å²) < 4.78 is 0. The molecule has 0 amide bonds. The van der Waals surface area contributed by atoms with Crippen LogP contribution in [-0.2, 0) is 0 Å². The van der Waals surface area contributed by atoms with E-state index in [-0.39, 0.29) is 12.7 Å². The first-order valence-electron chi connectivity index (χ1n) is 8.77. The Morgan fingerprint density at radius 1 is 1.05 bits per heavy atom. The summed E-state index contributed by atoms with van der Waals surface area (Å²) in [5.74, 6) is 1.22. The molecule has 3 heteroatoms. The van der Waals surface area contributed by atoms with Crippen molar-refractivity contribution >= 4 is 0 Å². The minimum atomic E-state index is -0.123. The van der Waals surface area contributed by atoms with Crippen LogP contribution >= 0.6 is 0 Å². The fourth-order valence-electron chi connectivity index (χ4n) is 4.21. The average Bonchev–Trinajstić information content (AvgIpc) is 2.49. The van der Waals surface area contributed by atoms with E-state index in [4.69, 9.17) is 0 Å². The van der Waals surface area contributed by atoms with Gasteiger partial charge in [0.2, 0.25) is 0 Å². The van der Waals surface area contributed by atoms with Crippen LogP contribution in [0, 0.1) is 11.8 Å². The number of aliphatic hydroxyl groups excluding tert-OH is 2. The summed E-state index contributed by atoms with van der Waals surface area (Å²) in [4.78, 5) is 2.48. The Balaban J connectivity index is 1.91. The van der Waals surface area contributed by atoms with E-state index in [0.717, 1.165) is 25.4 Å². The van der Waals surface area contributed by atoms with Gasteiger partial charge in [-0.05, 0) is 43.9 Å². The van der Waals surface area contributed by atoms with E-state index in [1.54, 1.807) is 0 Å². The van der Waals surface area contributed by atoms with Gasteiger partial charge in [0, 0.05) is 19.1 Å². The fourth-order valence-corrected chi connectivity index (χ4v) is 4.21. The predicted octanol–water partition coefficient (Wildman–Crippen LogP) is 2.80. The van der Waals surface area contributed by atoms with E-state index in [9.17, 15) is 10.2 Å². The second kappa shape index (κ2) is 8.35. The molecule has 0 saturated heterocycles. The second-order valence-corrected chi connectivity index (χ2v) is 6.93. The van der Waals surface area contributed by atoms with Crippen LogP contribution in [0.3, 0.4) is 0 Å². The quantitative estimate of drug-likeness (QED) is 0.788. The number of hydrogen-bond donors (Lipinski definition) is 2. The molecule has 2 N–H and O–H groups in total. The Kier molecular flexibility index (Phi) is 6.79. The summed E-state index contributed by atoms with van der Waals surface area (Å²) in [6, 6.07) is 0.644. The maximum atomic E-state index is 10.3. The topological polar surface area (TPSA) is 43.7 Å². The van der Waals surface area contributed by atoms with Crippen LogP contribution < -0.4 is 0 Å². The lowest BCUT2D eigenvalue weighted by Crippen LogP contribution is -2.45. The molecule has 0 aromatic carbocycles. The maximum Gasteiger partial charge on any atom is 0.0580 e. The number of aliphatic hydroxyl groups is 2. The fraction of sp³-hybridized carbons (Fsp3) is 1.00. The van der Waals surface area contributed by atoms with Crippen LogP contribution in [0.1, 0.15) is 64.7 Å². The third-order valence-electron chi connectivity index (χ3n) is 5.58. The molecule has 3 unspecified atom stereocenters. The van der Waals surface area contributed by atoms with E-state index in [1.165, 1.54) is 51.4 Å². The molecule has 3 nitrogen and oxygen atoms in total. The molecular formula is C17H33NO2. The maximum absolute atomic E-state index is 10.3. The average molecular weight is 283 g/mol. The van der Waals surface area contributed by atoms with E-state index in [0.29, 0.717) is 12.0 Å². The van der Waals surface area contributed by atoms with E-state index < -0.39 is 0 Å². The second-order valence-electron chi connectivity index (χ2n) is 6.93. The SMILES string of the molecule is CCC1CCC(O)C(CN(CCO)C2CCCCC2)C1. The lowest BCUT2D eigenvalue weighted by molar-refractivity contribution is 0.00958. The van der Waals surface area contributed by atoms with Crippen molar-refractivity contribution in [3.8, 4) is 0 Å². The molecule has 0 aliphatic heterocycles. The molecule has 0 radical (unpaired) electrons. The van der Waals surface area contributed by atoms with Gasteiger partial charge in [0.15, 0.2) is 0 Å². The smallest absolute Gasteiger partial charge is 0.0580 e. The van der Waals surface area contributed by atoms with Gasteiger partial charge in [0.1, 0.15) is 0 Å². The molecule has 2 rings (SSSR count). The van der Waals surface area contributed by atoms with E-state index in [1.807, 2.05) is 0 Å². The molecule has 3 atom stereocenters. The number of hydrogen-bond acceptors (Lipinski definition) is 3. The summed E-state index contributed by atoms with van der Waals surface area (Å²) in [6.07, 6.45) is 11.0. The molecule has 0 aromatic rings. The third kappa shape index (κ3) is 4.44. The van der Waals surface area contributed by atoms with Crippen molar-refractivity contribution in [2.24, 2.45) is 11.8 Å². The number of nitrogens with zero attached hydrogens (tertiary/aromatic N) is 1. The van der Waals surface area contributed by atoms with Gasteiger partial charge in [0.25, 0.3) is 0 Å². The minimum absolute atomic E-state index is 0.123. The van der Waals surface area contributed by atoms with Crippen molar-refractivity contribution in [3.05, 3.63) is 0 Å². The van der Waals surface area contributed by atoms with Gasteiger partial charge in [-0.3, -0.25) is 4.90 Å². The Morgan fingerprint density at radius 2 is 1.80 bits per heavy atom. The van der Waals surface area contributed by atoms with Crippen LogP contribution in [0.15, 0.2) is 0 Å². The number of rotatable bonds is 6. The van der Waals surface area contributed by atoms with Gasteiger partial charge in [-0.1, -0.05) is 32.6 Å². The highest BCUT2D eigenvalue weighted by Gasteiger charge is 2.31. The van der Waals surface area contributed by atoms with Crippen molar-refractivity contribution in [3.63, 3.8) is 0 Å².